The predicted octanol–water partition coefficient (Wildman–Crippen LogP) is 3.61. The van der Waals surface area contributed by atoms with Crippen LogP contribution in [0.25, 0.3) is 11.5 Å². The highest BCUT2D eigenvalue weighted by atomic mass is 127. The molecule has 8 heteroatoms. The van der Waals surface area contributed by atoms with Crippen LogP contribution >= 0.6 is 24.0 Å². The summed E-state index contributed by atoms with van der Waals surface area (Å²) in [5.74, 6) is 1.52. The molecule has 0 bridgehead atoms. The Hall–Kier alpha value is -1.65. The quantitative estimate of drug-likeness (QED) is 0.365. The smallest absolute Gasteiger partial charge is 0.226 e. The lowest BCUT2D eigenvalue weighted by Crippen LogP contribution is -2.53. The van der Waals surface area contributed by atoms with E-state index in [0.717, 1.165) is 56.3 Å². The zero-order valence-electron chi connectivity index (χ0n) is 17.7. The molecule has 0 aliphatic carbocycles. The zero-order valence-corrected chi connectivity index (χ0v) is 20.0. The number of aliphatic imine (C=N–C) groups is 1. The normalized spacial score (nSPS) is 22.1. The van der Waals surface area contributed by atoms with Gasteiger partial charge in [-0.15, -0.1) is 24.0 Å². The second kappa shape index (κ2) is 11.1. The molecule has 2 atom stereocenters. The van der Waals surface area contributed by atoms with Gasteiger partial charge in [-0.1, -0.05) is 17.7 Å². The van der Waals surface area contributed by atoms with Gasteiger partial charge in [0.05, 0.1) is 19.3 Å². The number of ether oxygens (including phenoxy) is 2. The number of morpholine rings is 1. The summed E-state index contributed by atoms with van der Waals surface area (Å²) in [7, 11) is 0. The first kappa shape index (κ1) is 23.0. The molecular formula is C22H31IN4O3. The number of aryl methyl sites for hydroxylation is 1. The van der Waals surface area contributed by atoms with Gasteiger partial charge in [-0.2, -0.15) is 0 Å². The van der Waals surface area contributed by atoms with Crippen LogP contribution in [0.4, 0.5) is 0 Å². The van der Waals surface area contributed by atoms with Gasteiger partial charge in [0.25, 0.3) is 0 Å². The van der Waals surface area contributed by atoms with Crippen molar-refractivity contribution in [1.82, 2.24) is 15.2 Å². The minimum absolute atomic E-state index is 0. The van der Waals surface area contributed by atoms with E-state index in [1.54, 1.807) is 6.26 Å². The number of nitrogens with zero attached hydrogens (tertiary/aromatic N) is 3. The van der Waals surface area contributed by atoms with Crippen molar-refractivity contribution in [1.29, 1.82) is 0 Å². The highest BCUT2D eigenvalue weighted by Crippen LogP contribution is 2.22. The molecule has 2 fully saturated rings. The Labute approximate surface area is 195 Å². The lowest BCUT2D eigenvalue weighted by atomic mass is 10.1. The molecule has 3 heterocycles. The number of hydrogen-bond acceptors (Lipinski definition) is 5. The van der Waals surface area contributed by atoms with Crippen molar-refractivity contribution in [2.24, 2.45) is 4.99 Å². The standard InChI is InChI=1S/C22H30N4O3.HI/c1-3-23-22(26-10-12-28-20(14-26)19-5-4-11-27-19)24-13-18-15-29-21(25-18)17-8-6-16(2)7-9-17;/h6-9,15,19-20H,3-5,10-14H2,1-2H3,(H,23,24);1H. The number of halogens is 1. The monoisotopic (exact) mass is 526 g/mol. The molecule has 30 heavy (non-hydrogen) atoms. The Morgan fingerprint density at radius 1 is 1.20 bits per heavy atom. The van der Waals surface area contributed by atoms with E-state index in [0.29, 0.717) is 19.0 Å². The summed E-state index contributed by atoms with van der Waals surface area (Å²) in [6.45, 7) is 8.58. The first-order chi connectivity index (χ1) is 14.2. The summed E-state index contributed by atoms with van der Waals surface area (Å²) < 4.78 is 17.5. The van der Waals surface area contributed by atoms with Crippen molar-refractivity contribution in [3.63, 3.8) is 0 Å². The van der Waals surface area contributed by atoms with Crippen molar-refractivity contribution in [2.75, 3.05) is 32.8 Å². The predicted molar refractivity (Wildman–Crippen MR) is 127 cm³/mol. The van der Waals surface area contributed by atoms with Gasteiger partial charge in [0.2, 0.25) is 5.89 Å². The largest absolute Gasteiger partial charge is 0.444 e. The molecule has 1 N–H and O–H groups in total. The van der Waals surface area contributed by atoms with Gasteiger partial charge in [-0.25, -0.2) is 9.98 Å². The molecule has 0 saturated carbocycles. The molecule has 7 nitrogen and oxygen atoms in total. The first-order valence-electron chi connectivity index (χ1n) is 10.5. The third kappa shape index (κ3) is 5.73. The summed E-state index contributed by atoms with van der Waals surface area (Å²) in [5, 5.41) is 3.40. The average Bonchev–Trinajstić information content (AvgIpc) is 3.44. The summed E-state index contributed by atoms with van der Waals surface area (Å²) in [6, 6.07) is 8.17. The molecule has 2 saturated heterocycles. The van der Waals surface area contributed by atoms with Crippen LogP contribution in [0.15, 0.2) is 39.9 Å². The minimum atomic E-state index is 0. The van der Waals surface area contributed by atoms with Crippen molar-refractivity contribution in [2.45, 2.75) is 45.4 Å². The van der Waals surface area contributed by atoms with E-state index < -0.39 is 0 Å². The third-order valence-corrected chi connectivity index (χ3v) is 5.35. The van der Waals surface area contributed by atoms with Crippen LogP contribution in [0, 0.1) is 6.92 Å². The van der Waals surface area contributed by atoms with Crippen LogP contribution in [0.3, 0.4) is 0 Å². The van der Waals surface area contributed by atoms with Gasteiger partial charge in [-0.05, 0) is 38.8 Å². The van der Waals surface area contributed by atoms with Crippen LogP contribution in [0.2, 0.25) is 0 Å². The fourth-order valence-electron chi connectivity index (χ4n) is 3.78. The molecule has 0 amide bonds. The Balaban J connectivity index is 0.00000256. The molecule has 1 aromatic carbocycles. The number of hydrogen-bond donors (Lipinski definition) is 1. The van der Waals surface area contributed by atoms with Crippen LogP contribution in [-0.4, -0.2) is 60.9 Å². The molecule has 2 aromatic rings. The van der Waals surface area contributed by atoms with E-state index in [2.05, 4.69) is 41.2 Å². The minimum Gasteiger partial charge on any atom is -0.444 e. The summed E-state index contributed by atoms with van der Waals surface area (Å²) in [4.78, 5) is 11.7. The number of nitrogens with one attached hydrogen (secondary N) is 1. The third-order valence-electron chi connectivity index (χ3n) is 5.35. The number of rotatable bonds is 5. The second-order valence-electron chi connectivity index (χ2n) is 7.59. The first-order valence-corrected chi connectivity index (χ1v) is 10.5. The molecule has 164 valence electrons. The number of benzene rings is 1. The van der Waals surface area contributed by atoms with E-state index in [-0.39, 0.29) is 36.2 Å². The highest BCUT2D eigenvalue weighted by molar-refractivity contribution is 14.0. The van der Waals surface area contributed by atoms with Crippen LogP contribution < -0.4 is 5.32 Å². The number of guanidine groups is 1. The molecule has 2 aliphatic heterocycles. The SMILES string of the molecule is CCNC(=NCc1coc(-c2ccc(C)cc2)n1)N1CCOC(C2CCCO2)C1.I. The lowest BCUT2D eigenvalue weighted by molar-refractivity contribution is -0.0817. The maximum Gasteiger partial charge on any atom is 0.226 e. The van der Waals surface area contributed by atoms with Crippen molar-refractivity contribution >= 4 is 29.9 Å². The zero-order chi connectivity index (χ0) is 20.1. The Morgan fingerprint density at radius 2 is 2.00 bits per heavy atom. The lowest BCUT2D eigenvalue weighted by Gasteiger charge is -2.37. The van der Waals surface area contributed by atoms with Gasteiger partial charge in [0.1, 0.15) is 18.1 Å². The Bertz CT molecular complexity index is 818. The fraction of sp³-hybridized carbons (Fsp3) is 0.545. The van der Waals surface area contributed by atoms with Gasteiger partial charge < -0.3 is 24.1 Å². The van der Waals surface area contributed by atoms with E-state index in [4.69, 9.17) is 18.9 Å². The van der Waals surface area contributed by atoms with E-state index >= 15 is 0 Å². The summed E-state index contributed by atoms with van der Waals surface area (Å²) in [6.07, 6.45) is 4.20. The van der Waals surface area contributed by atoms with Crippen LogP contribution in [0.5, 0.6) is 0 Å². The van der Waals surface area contributed by atoms with Crippen molar-refractivity contribution in [3.8, 4) is 11.5 Å². The van der Waals surface area contributed by atoms with Crippen molar-refractivity contribution in [3.05, 3.63) is 41.8 Å². The van der Waals surface area contributed by atoms with Crippen LogP contribution in [-0.2, 0) is 16.0 Å². The molecular weight excluding hydrogens is 495 g/mol. The molecule has 2 unspecified atom stereocenters. The fourth-order valence-corrected chi connectivity index (χ4v) is 3.78. The highest BCUT2D eigenvalue weighted by Gasteiger charge is 2.32. The molecule has 0 spiro atoms. The van der Waals surface area contributed by atoms with Gasteiger partial charge in [-0.3, -0.25) is 0 Å². The molecule has 4 rings (SSSR count). The topological polar surface area (TPSA) is 72.1 Å². The second-order valence-corrected chi connectivity index (χ2v) is 7.59. The van der Waals surface area contributed by atoms with Gasteiger partial charge in [0, 0.05) is 31.8 Å². The maximum absolute atomic E-state index is 5.97. The van der Waals surface area contributed by atoms with E-state index in [1.165, 1.54) is 5.56 Å². The van der Waals surface area contributed by atoms with Gasteiger partial charge in [0.15, 0.2) is 5.96 Å². The molecule has 1 aromatic heterocycles. The Kier molecular flexibility index (Phi) is 8.52. The summed E-state index contributed by atoms with van der Waals surface area (Å²) in [5.41, 5.74) is 3.01. The molecule has 2 aliphatic rings. The average molecular weight is 526 g/mol. The van der Waals surface area contributed by atoms with Gasteiger partial charge >= 0.3 is 0 Å². The van der Waals surface area contributed by atoms with Crippen LogP contribution in [0.1, 0.15) is 31.0 Å². The van der Waals surface area contributed by atoms with E-state index in [9.17, 15) is 0 Å². The van der Waals surface area contributed by atoms with Crippen molar-refractivity contribution < 1.29 is 13.9 Å². The number of aromatic nitrogens is 1. The van der Waals surface area contributed by atoms with E-state index in [1.807, 2.05) is 12.1 Å². The number of oxazole rings is 1. The summed E-state index contributed by atoms with van der Waals surface area (Å²) >= 11 is 0. The maximum atomic E-state index is 5.97. The Morgan fingerprint density at radius 3 is 2.73 bits per heavy atom. The molecule has 0 radical (unpaired) electrons.